The molecule has 1 atom stereocenters. The van der Waals surface area contributed by atoms with E-state index in [0.717, 1.165) is 28.2 Å². The van der Waals surface area contributed by atoms with Gasteiger partial charge >= 0.3 is 12.3 Å². The number of alkyl halides is 3. The third-order valence-corrected chi connectivity index (χ3v) is 6.78. The minimum absolute atomic E-state index is 0. The first-order valence-electron chi connectivity index (χ1n) is 10.7. The van der Waals surface area contributed by atoms with E-state index in [0.29, 0.717) is 18.4 Å². The molecule has 3 aliphatic rings. The van der Waals surface area contributed by atoms with Gasteiger partial charge in [0.1, 0.15) is 5.15 Å². The van der Waals surface area contributed by atoms with Crippen LogP contribution in [0.1, 0.15) is 67.6 Å². The van der Waals surface area contributed by atoms with Crippen molar-refractivity contribution in [3.8, 4) is 0 Å². The Morgan fingerprint density at radius 3 is 2.35 bits per heavy atom. The van der Waals surface area contributed by atoms with Crippen LogP contribution in [0.4, 0.5) is 18.0 Å². The summed E-state index contributed by atoms with van der Waals surface area (Å²) in [6.07, 6.45) is -2.40. The molecule has 34 heavy (non-hydrogen) atoms. The molecule has 2 saturated heterocycles. The summed E-state index contributed by atoms with van der Waals surface area (Å²) in [7, 11) is 0. The number of pyridine rings is 1. The first-order valence-corrected chi connectivity index (χ1v) is 11.1. The molecule has 0 spiro atoms. The maximum Gasteiger partial charge on any atom is 0.419 e. The quantitative estimate of drug-likeness (QED) is 0.620. The minimum atomic E-state index is -4.65. The van der Waals surface area contributed by atoms with Gasteiger partial charge in [-0.05, 0) is 50.2 Å². The zero-order valence-electron chi connectivity index (χ0n) is 17.6. The molecule has 5 rings (SSSR count). The number of piperidine rings is 1. The summed E-state index contributed by atoms with van der Waals surface area (Å²) in [6, 6.07) is 0.678. The van der Waals surface area contributed by atoms with E-state index < -0.39 is 47.4 Å². The van der Waals surface area contributed by atoms with Crippen molar-refractivity contribution in [2.75, 3.05) is 13.1 Å². The Labute approximate surface area is 198 Å². The normalized spacial score (nSPS) is 21.7. The highest BCUT2D eigenvalue weighted by molar-refractivity contribution is 6.33. The van der Waals surface area contributed by atoms with Crippen LogP contribution in [0, 0.1) is 0 Å². The molecule has 3 fully saturated rings. The standard InChI is InChI=1S/C21H20ClF3N4O4.CH4/c1-10-18(30)29(20(32)33-10)13-4-6-27(7-5-13)19(31)15-16(22)28-9-12(11-2-3-11)8-14(17(28)26-15)21(23,24)25;/h8-11,13H,2-7H2,1H3;1H4/t10-;/m1./s1. The van der Waals surface area contributed by atoms with Gasteiger partial charge in [0.15, 0.2) is 17.4 Å². The third-order valence-electron chi connectivity index (χ3n) is 6.42. The summed E-state index contributed by atoms with van der Waals surface area (Å²) < 4.78 is 47.2. The maximum atomic E-state index is 13.7. The van der Waals surface area contributed by atoms with Gasteiger partial charge in [0.25, 0.3) is 11.8 Å². The first kappa shape index (κ1) is 24.3. The average molecular weight is 501 g/mol. The van der Waals surface area contributed by atoms with Gasteiger partial charge in [-0.1, -0.05) is 19.0 Å². The van der Waals surface area contributed by atoms with Crippen molar-refractivity contribution in [1.29, 1.82) is 0 Å². The molecular weight excluding hydrogens is 477 g/mol. The van der Waals surface area contributed by atoms with E-state index in [2.05, 4.69) is 4.98 Å². The van der Waals surface area contributed by atoms with Gasteiger partial charge in [0, 0.05) is 25.3 Å². The van der Waals surface area contributed by atoms with Gasteiger partial charge in [-0.15, -0.1) is 0 Å². The van der Waals surface area contributed by atoms with Gasteiger partial charge in [0.05, 0.1) is 5.56 Å². The van der Waals surface area contributed by atoms with Crippen molar-refractivity contribution in [2.24, 2.45) is 0 Å². The highest BCUT2D eigenvalue weighted by Gasteiger charge is 2.44. The number of imide groups is 1. The Hall–Kier alpha value is -2.82. The van der Waals surface area contributed by atoms with Gasteiger partial charge in [-0.2, -0.15) is 13.2 Å². The lowest BCUT2D eigenvalue weighted by molar-refractivity contribution is -0.136. The molecule has 184 valence electrons. The molecule has 12 heteroatoms. The first-order chi connectivity index (χ1) is 15.6. The largest absolute Gasteiger partial charge is 0.436 e. The number of nitrogens with zero attached hydrogens (tertiary/aromatic N) is 4. The van der Waals surface area contributed by atoms with E-state index in [9.17, 15) is 27.6 Å². The second kappa shape index (κ2) is 8.44. The molecule has 1 aliphatic carbocycles. The second-order valence-corrected chi connectivity index (χ2v) is 9.02. The second-order valence-electron chi connectivity index (χ2n) is 8.66. The lowest BCUT2D eigenvalue weighted by Crippen LogP contribution is -2.49. The van der Waals surface area contributed by atoms with E-state index >= 15 is 0 Å². The van der Waals surface area contributed by atoms with Crippen molar-refractivity contribution in [3.63, 3.8) is 0 Å². The fraction of sp³-hybridized carbons (Fsp3) is 0.545. The number of fused-ring (bicyclic) bond motifs is 1. The highest BCUT2D eigenvalue weighted by Crippen LogP contribution is 2.43. The molecule has 0 radical (unpaired) electrons. The summed E-state index contributed by atoms with van der Waals surface area (Å²) in [6.45, 7) is 1.88. The van der Waals surface area contributed by atoms with Crippen LogP contribution >= 0.6 is 11.6 Å². The number of rotatable bonds is 3. The molecule has 0 aromatic carbocycles. The predicted octanol–water partition coefficient (Wildman–Crippen LogP) is 4.49. The van der Waals surface area contributed by atoms with Gasteiger partial charge in [-0.25, -0.2) is 14.7 Å². The third kappa shape index (κ3) is 3.99. The number of ether oxygens (including phenoxy) is 1. The van der Waals surface area contributed by atoms with Gasteiger partial charge < -0.3 is 9.64 Å². The van der Waals surface area contributed by atoms with Crippen LogP contribution in [0.5, 0.6) is 0 Å². The van der Waals surface area contributed by atoms with E-state index in [1.165, 1.54) is 18.0 Å². The topological polar surface area (TPSA) is 84.2 Å². The van der Waals surface area contributed by atoms with Crippen LogP contribution in [0.15, 0.2) is 12.3 Å². The molecule has 4 heterocycles. The Bertz CT molecular complexity index is 1170. The Balaban J connectivity index is 0.00000274. The number of carbonyl (C=O) groups is 3. The van der Waals surface area contributed by atoms with Gasteiger partial charge in [-0.3, -0.25) is 14.0 Å². The van der Waals surface area contributed by atoms with Crippen molar-refractivity contribution in [1.82, 2.24) is 19.2 Å². The van der Waals surface area contributed by atoms with Crippen molar-refractivity contribution in [2.45, 2.75) is 64.3 Å². The summed E-state index contributed by atoms with van der Waals surface area (Å²) in [5, 5.41) is -0.169. The average Bonchev–Trinajstić information content (AvgIpc) is 3.51. The fourth-order valence-electron chi connectivity index (χ4n) is 4.47. The van der Waals surface area contributed by atoms with Crippen molar-refractivity contribution < 1.29 is 32.3 Å². The van der Waals surface area contributed by atoms with Crippen LogP contribution < -0.4 is 0 Å². The molecule has 1 saturated carbocycles. The molecule has 0 N–H and O–H groups in total. The molecule has 2 aliphatic heterocycles. The molecule has 8 nitrogen and oxygen atoms in total. The minimum Gasteiger partial charge on any atom is -0.436 e. The monoisotopic (exact) mass is 500 g/mol. The van der Waals surface area contributed by atoms with Crippen LogP contribution in [0.2, 0.25) is 5.15 Å². The SMILES string of the molecule is C.C[C@H]1OC(=O)N(C2CCN(C(=O)c3nc4c(C(F)(F)F)cc(C5CC5)cn4c3Cl)CC2)C1=O. The lowest BCUT2D eigenvalue weighted by atomic mass is 10.0. The van der Waals surface area contributed by atoms with E-state index in [4.69, 9.17) is 16.3 Å². The number of halogens is 4. The molecular formula is C22H24ClF3N4O4. The number of likely N-dealkylation sites (tertiary alicyclic amines) is 1. The van der Waals surface area contributed by atoms with E-state index in [-0.39, 0.29) is 37.3 Å². The zero-order chi connectivity index (χ0) is 23.7. The summed E-state index contributed by atoms with van der Waals surface area (Å²) in [5.74, 6) is -0.957. The Morgan fingerprint density at radius 2 is 1.82 bits per heavy atom. The molecule has 0 bridgehead atoms. The number of hydrogen-bond acceptors (Lipinski definition) is 5. The van der Waals surface area contributed by atoms with Gasteiger partial charge in [0.2, 0.25) is 0 Å². The van der Waals surface area contributed by atoms with Crippen LogP contribution in [-0.2, 0) is 15.7 Å². The number of amides is 3. The number of carbonyl (C=O) groups excluding carboxylic acids is 3. The molecule has 2 aromatic rings. The smallest absolute Gasteiger partial charge is 0.419 e. The maximum absolute atomic E-state index is 13.7. The number of hydrogen-bond donors (Lipinski definition) is 0. The van der Waals surface area contributed by atoms with Crippen LogP contribution in [0.3, 0.4) is 0 Å². The predicted molar refractivity (Wildman–Crippen MR) is 116 cm³/mol. The Kier molecular flexibility index (Phi) is 6.03. The molecule has 3 amide bonds. The summed E-state index contributed by atoms with van der Waals surface area (Å²) >= 11 is 6.35. The highest BCUT2D eigenvalue weighted by atomic mass is 35.5. The number of imidazole rings is 1. The summed E-state index contributed by atoms with van der Waals surface area (Å²) in [5.41, 5.74) is -1.06. The van der Waals surface area contributed by atoms with Crippen molar-refractivity contribution >= 4 is 35.2 Å². The zero-order valence-corrected chi connectivity index (χ0v) is 18.3. The van der Waals surface area contributed by atoms with Crippen molar-refractivity contribution in [3.05, 3.63) is 34.2 Å². The number of cyclic esters (lactones) is 1. The van der Waals surface area contributed by atoms with E-state index in [1.807, 2.05) is 0 Å². The molecule has 2 aromatic heterocycles. The van der Waals surface area contributed by atoms with Crippen LogP contribution in [0.25, 0.3) is 5.65 Å². The number of aromatic nitrogens is 2. The molecule has 0 unspecified atom stereocenters. The fourth-order valence-corrected chi connectivity index (χ4v) is 4.73. The van der Waals surface area contributed by atoms with E-state index in [1.54, 1.807) is 0 Å². The lowest BCUT2D eigenvalue weighted by Gasteiger charge is -2.34. The van der Waals surface area contributed by atoms with Crippen LogP contribution in [-0.4, -0.2) is 62.3 Å². The Morgan fingerprint density at radius 1 is 1.18 bits per heavy atom. The summed E-state index contributed by atoms with van der Waals surface area (Å²) in [4.78, 5) is 43.7.